The molecule has 0 fully saturated rings. The minimum Gasteiger partial charge on any atom is -0.493 e. The molecule has 0 aromatic heterocycles. The normalized spacial score (nSPS) is 10.2. The molecule has 0 heterocycles. The quantitative estimate of drug-likeness (QED) is 0.585. The Morgan fingerprint density at radius 3 is 2.74 bits per heavy atom. The van der Waals surface area contributed by atoms with Crippen molar-refractivity contribution >= 4 is 44.8 Å². The summed E-state index contributed by atoms with van der Waals surface area (Å²) < 4.78 is 6.14. The summed E-state index contributed by atoms with van der Waals surface area (Å²) in [4.78, 5) is 22.7. The van der Waals surface area contributed by atoms with Crippen molar-refractivity contribution in [3.05, 3.63) is 61.6 Å². The first-order valence-electron chi connectivity index (χ1n) is 6.60. The van der Waals surface area contributed by atoms with Gasteiger partial charge in [0.2, 0.25) is 0 Å². The second-order valence-corrected chi connectivity index (χ2v) is 5.77. The summed E-state index contributed by atoms with van der Waals surface area (Å²) in [5.74, 6) is -0.0111. The van der Waals surface area contributed by atoms with Crippen molar-refractivity contribution < 1.29 is 14.5 Å². The van der Waals surface area contributed by atoms with Gasteiger partial charge in [-0.15, -0.1) is 0 Å². The molecule has 1 N–H and O–H groups in total. The Balaban J connectivity index is 2.31. The van der Waals surface area contributed by atoms with E-state index in [0.717, 1.165) is 0 Å². The predicted molar refractivity (Wildman–Crippen MR) is 91.4 cm³/mol. The van der Waals surface area contributed by atoms with Crippen molar-refractivity contribution in [2.45, 2.75) is 6.92 Å². The molecular formula is C15H12BrClN2O4. The van der Waals surface area contributed by atoms with E-state index in [9.17, 15) is 14.9 Å². The first-order valence-corrected chi connectivity index (χ1v) is 7.77. The van der Waals surface area contributed by atoms with Gasteiger partial charge in [-0.25, -0.2) is 0 Å². The highest BCUT2D eigenvalue weighted by Gasteiger charge is 2.17. The van der Waals surface area contributed by atoms with Crippen LogP contribution in [0.15, 0.2) is 40.9 Å². The summed E-state index contributed by atoms with van der Waals surface area (Å²) >= 11 is 9.05. The lowest BCUT2D eigenvalue weighted by Gasteiger charge is -2.11. The van der Waals surface area contributed by atoms with E-state index in [1.165, 1.54) is 18.2 Å². The maximum Gasteiger partial charge on any atom is 0.289 e. The number of halogens is 2. The Morgan fingerprint density at radius 2 is 2.09 bits per heavy atom. The van der Waals surface area contributed by atoms with Gasteiger partial charge in [-0.3, -0.25) is 14.9 Å². The smallest absolute Gasteiger partial charge is 0.289 e. The number of benzene rings is 2. The van der Waals surface area contributed by atoms with Gasteiger partial charge in [0.1, 0.15) is 10.8 Å². The fourth-order valence-corrected chi connectivity index (χ4v) is 2.44. The molecule has 0 radical (unpaired) electrons. The van der Waals surface area contributed by atoms with Crippen LogP contribution < -0.4 is 10.1 Å². The third kappa shape index (κ3) is 4.20. The number of hydrogen-bond acceptors (Lipinski definition) is 4. The summed E-state index contributed by atoms with van der Waals surface area (Å²) in [5.41, 5.74) is 0.316. The molecule has 0 spiro atoms. The molecule has 1 amide bonds. The maximum atomic E-state index is 12.4. The van der Waals surface area contributed by atoms with Gasteiger partial charge in [-0.1, -0.05) is 27.5 Å². The highest BCUT2D eigenvalue weighted by Crippen LogP contribution is 2.29. The van der Waals surface area contributed by atoms with Crippen LogP contribution in [-0.2, 0) is 0 Å². The van der Waals surface area contributed by atoms with Crippen LogP contribution in [0.3, 0.4) is 0 Å². The molecule has 0 aliphatic carbocycles. The molecule has 2 rings (SSSR count). The van der Waals surface area contributed by atoms with Gasteiger partial charge >= 0.3 is 0 Å². The van der Waals surface area contributed by atoms with Crippen LogP contribution in [0, 0.1) is 10.1 Å². The first kappa shape index (κ1) is 17.2. The molecule has 120 valence electrons. The number of ether oxygens (including phenoxy) is 1. The average Bonchev–Trinajstić information content (AvgIpc) is 2.50. The molecule has 2 aromatic rings. The lowest BCUT2D eigenvalue weighted by atomic mass is 10.1. The van der Waals surface area contributed by atoms with Crippen LogP contribution in [0.1, 0.15) is 17.3 Å². The standard InChI is InChI=1S/C15H12BrClN2O4/c1-2-23-14-6-3-9(16)7-11(14)15(20)18-10-4-5-12(17)13(8-10)19(21)22/h3-8H,2H2,1H3,(H,18,20). The van der Waals surface area contributed by atoms with E-state index in [1.54, 1.807) is 18.2 Å². The van der Waals surface area contributed by atoms with Gasteiger partial charge in [0.15, 0.2) is 0 Å². The van der Waals surface area contributed by atoms with E-state index < -0.39 is 10.8 Å². The third-order valence-electron chi connectivity index (χ3n) is 2.89. The lowest BCUT2D eigenvalue weighted by Crippen LogP contribution is -2.14. The van der Waals surface area contributed by atoms with Crippen molar-refractivity contribution in [2.24, 2.45) is 0 Å². The van der Waals surface area contributed by atoms with Crippen molar-refractivity contribution in [1.82, 2.24) is 0 Å². The number of carbonyl (C=O) groups is 1. The summed E-state index contributed by atoms with van der Waals surface area (Å²) in [7, 11) is 0. The molecule has 0 bridgehead atoms. The number of rotatable bonds is 5. The Kier molecular flexibility index (Phi) is 5.57. The first-order chi connectivity index (χ1) is 10.9. The summed E-state index contributed by atoms with van der Waals surface area (Å²) in [5, 5.41) is 13.5. The minimum atomic E-state index is -0.608. The zero-order valence-corrected chi connectivity index (χ0v) is 14.3. The van der Waals surface area contributed by atoms with Crippen LogP contribution in [0.2, 0.25) is 5.02 Å². The monoisotopic (exact) mass is 398 g/mol. The molecule has 0 atom stereocenters. The molecule has 0 unspecified atom stereocenters. The molecule has 0 saturated heterocycles. The topological polar surface area (TPSA) is 81.5 Å². The summed E-state index contributed by atoms with van der Waals surface area (Å²) in [6.45, 7) is 2.22. The third-order valence-corrected chi connectivity index (χ3v) is 3.70. The average molecular weight is 400 g/mol. The summed E-state index contributed by atoms with van der Waals surface area (Å²) in [6.07, 6.45) is 0. The highest BCUT2D eigenvalue weighted by atomic mass is 79.9. The Labute approximate surface area is 145 Å². The molecule has 0 aliphatic rings. The molecule has 6 nitrogen and oxygen atoms in total. The number of amides is 1. The summed E-state index contributed by atoms with van der Waals surface area (Å²) in [6, 6.07) is 9.11. The molecular weight excluding hydrogens is 388 g/mol. The zero-order valence-electron chi connectivity index (χ0n) is 12.0. The molecule has 0 aliphatic heterocycles. The van der Waals surface area contributed by atoms with Crippen molar-refractivity contribution in [2.75, 3.05) is 11.9 Å². The van der Waals surface area contributed by atoms with Gasteiger partial charge in [0, 0.05) is 16.2 Å². The van der Waals surface area contributed by atoms with Gasteiger partial charge in [0.25, 0.3) is 11.6 Å². The van der Waals surface area contributed by atoms with E-state index >= 15 is 0 Å². The van der Waals surface area contributed by atoms with Gasteiger partial charge in [-0.05, 0) is 37.3 Å². The second-order valence-electron chi connectivity index (χ2n) is 4.45. The fraction of sp³-hybridized carbons (Fsp3) is 0.133. The Bertz CT molecular complexity index is 767. The van der Waals surface area contributed by atoms with Crippen LogP contribution in [0.5, 0.6) is 5.75 Å². The highest BCUT2D eigenvalue weighted by molar-refractivity contribution is 9.10. The van der Waals surface area contributed by atoms with Gasteiger partial charge < -0.3 is 10.1 Å². The molecule has 2 aromatic carbocycles. The van der Waals surface area contributed by atoms with Crippen LogP contribution in [0.4, 0.5) is 11.4 Å². The number of nitrogens with zero attached hydrogens (tertiary/aromatic N) is 1. The van der Waals surface area contributed by atoms with E-state index in [2.05, 4.69) is 21.2 Å². The van der Waals surface area contributed by atoms with Crippen LogP contribution in [0.25, 0.3) is 0 Å². The van der Waals surface area contributed by atoms with Gasteiger partial charge in [0.05, 0.1) is 17.1 Å². The number of nitro groups is 1. The van der Waals surface area contributed by atoms with Gasteiger partial charge in [-0.2, -0.15) is 0 Å². The van der Waals surface area contributed by atoms with E-state index in [0.29, 0.717) is 22.4 Å². The number of carbonyl (C=O) groups excluding carboxylic acids is 1. The van der Waals surface area contributed by atoms with Crippen molar-refractivity contribution in [3.8, 4) is 5.75 Å². The van der Waals surface area contributed by atoms with Crippen molar-refractivity contribution in [3.63, 3.8) is 0 Å². The fourth-order valence-electron chi connectivity index (χ4n) is 1.89. The minimum absolute atomic E-state index is 0.00506. The molecule has 23 heavy (non-hydrogen) atoms. The zero-order chi connectivity index (χ0) is 17.0. The second kappa shape index (κ2) is 7.43. The largest absolute Gasteiger partial charge is 0.493 e. The maximum absolute atomic E-state index is 12.4. The van der Waals surface area contributed by atoms with Crippen molar-refractivity contribution in [1.29, 1.82) is 0 Å². The Hall–Kier alpha value is -2.12. The SMILES string of the molecule is CCOc1ccc(Br)cc1C(=O)Nc1ccc(Cl)c([N+](=O)[O-])c1. The van der Waals surface area contributed by atoms with E-state index in [1.807, 2.05) is 6.92 Å². The molecule has 0 saturated carbocycles. The predicted octanol–water partition coefficient (Wildman–Crippen LogP) is 4.66. The number of nitrogens with one attached hydrogen (secondary N) is 1. The number of anilines is 1. The van der Waals surface area contributed by atoms with Crippen LogP contribution in [-0.4, -0.2) is 17.4 Å². The van der Waals surface area contributed by atoms with E-state index in [4.69, 9.17) is 16.3 Å². The lowest BCUT2D eigenvalue weighted by molar-refractivity contribution is -0.384. The van der Waals surface area contributed by atoms with E-state index in [-0.39, 0.29) is 16.4 Å². The van der Waals surface area contributed by atoms with Crippen LogP contribution >= 0.6 is 27.5 Å². The number of hydrogen-bond donors (Lipinski definition) is 1. The number of nitro benzene ring substituents is 1. The Morgan fingerprint density at radius 1 is 1.35 bits per heavy atom. The molecule has 8 heteroatoms.